The lowest BCUT2D eigenvalue weighted by molar-refractivity contribution is -0.149. The number of carboxylic acids is 2. The molecule has 0 saturated carbocycles. The number of fused-ring (bicyclic) bond motifs is 1. The number of nitrogens with zero attached hydrogens (tertiary/aromatic N) is 7. The topological polar surface area (TPSA) is 302 Å². The molecule has 0 aliphatic carbocycles. The van der Waals surface area contributed by atoms with E-state index in [1.165, 1.54) is 32.4 Å². The van der Waals surface area contributed by atoms with Crippen LogP contribution in [0.25, 0.3) is 0 Å². The number of carbonyl (C=O) groups is 9. The molecule has 5 aromatic carbocycles. The van der Waals surface area contributed by atoms with Crippen LogP contribution in [0.5, 0.6) is 0 Å². The number of likely N-dealkylation sites (tertiary alicyclic amines) is 4. The number of nitrogens with two attached hydrogens (primary N) is 1. The molecule has 6 aliphatic rings. The van der Waals surface area contributed by atoms with Crippen LogP contribution in [-0.4, -0.2) is 178 Å². The number of esters is 2. The summed E-state index contributed by atoms with van der Waals surface area (Å²) in [5.41, 5.74) is 11.8. The Morgan fingerprint density at radius 3 is 1.19 bits per heavy atom. The minimum Gasteiger partial charge on any atom is -0.481 e. The van der Waals surface area contributed by atoms with Crippen molar-refractivity contribution in [3.63, 3.8) is 0 Å². The molecule has 0 bridgehead atoms. The number of methoxy groups -OCH3 is 2. The lowest BCUT2D eigenvalue weighted by Gasteiger charge is -2.33. The molecule has 13 rings (SSSR count). The minimum atomic E-state index is -0.895. The average molecular weight is 1830 g/mol. The fraction of sp³-hybridized carbons (Fsp3) is 0.405. The number of carbonyl (C=O) groups excluding carboxylic acids is 7. The number of nitrogens with one attached hydrogen (secondary N) is 1. The summed E-state index contributed by atoms with van der Waals surface area (Å²) >= 11 is 59.0. The van der Waals surface area contributed by atoms with Gasteiger partial charge < -0.3 is 50.3 Å². The fourth-order valence-electron chi connectivity index (χ4n) is 14.3. The zero-order valence-corrected chi connectivity index (χ0v) is 72.1. The van der Waals surface area contributed by atoms with Gasteiger partial charge in [0.25, 0.3) is 0 Å². The van der Waals surface area contributed by atoms with Crippen LogP contribution in [0, 0.1) is 41.5 Å². The van der Waals surface area contributed by atoms with Gasteiger partial charge in [-0.05, 0) is 202 Å². The number of hydrogen-bond acceptors (Lipinski definition) is 16. The summed E-state index contributed by atoms with van der Waals surface area (Å²) in [6, 6.07) is 30.8. The number of aliphatic carboxylic acids is 2. The second kappa shape index (κ2) is 47.3. The molecule has 5 saturated heterocycles. The number of aromatic nitrogens is 2. The molecular weight excluding hydrogens is 1740 g/mol. The average Bonchev–Trinajstić information content (AvgIpc) is 1.65. The summed E-state index contributed by atoms with van der Waals surface area (Å²) in [7, 11) is 2.81. The first kappa shape index (κ1) is 95.5. The van der Waals surface area contributed by atoms with Crippen LogP contribution < -0.4 is 11.1 Å². The van der Waals surface area contributed by atoms with Crippen LogP contribution in [0.4, 0.5) is 20.4 Å². The van der Waals surface area contributed by atoms with Gasteiger partial charge in [0.2, 0.25) is 35.5 Å². The van der Waals surface area contributed by atoms with Gasteiger partial charge in [-0.2, -0.15) is 13.8 Å². The normalized spacial score (nSPS) is 18.0. The van der Waals surface area contributed by atoms with Crippen LogP contribution in [0.3, 0.4) is 0 Å². The Hall–Kier alpha value is -7.98. The molecule has 4 amide bonds. The van der Waals surface area contributed by atoms with Crippen LogP contribution in [0.2, 0.25) is 50.2 Å². The van der Waals surface area contributed by atoms with E-state index in [2.05, 4.69) is 25.0 Å². The number of amides is 4. The smallest absolute Gasteiger partial charge is 0.310 e. The van der Waals surface area contributed by atoms with E-state index in [1.54, 1.807) is 112 Å². The fourth-order valence-corrected chi connectivity index (χ4v) is 17.1. The number of hydrogen-bond donors (Lipinski definition) is 4. The number of rotatable bonds is 17. The van der Waals surface area contributed by atoms with Gasteiger partial charge in [0.15, 0.2) is 5.82 Å². The zero-order valence-electron chi connectivity index (χ0n) is 64.6. The number of aliphatic imine (C=N–C) groups is 1. The third-order valence-electron chi connectivity index (χ3n) is 20.0. The lowest BCUT2D eigenvalue weighted by Crippen LogP contribution is -2.43. The van der Waals surface area contributed by atoms with Gasteiger partial charge in [0.05, 0.1) is 64.1 Å². The number of nitrogen functional groups attached to an aromatic ring is 1. The molecule has 0 spiro atoms. The van der Waals surface area contributed by atoms with Gasteiger partial charge in [-0.15, -0.1) is 0 Å². The molecule has 5 fully saturated rings. The largest absolute Gasteiger partial charge is 0.481 e. The molecule has 118 heavy (non-hydrogen) atoms. The Labute approximate surface area is 733 Å². The highest BCUT2D eigenvalue weighted by molar-refractivity contribution is 6.37. The van der Waals surface area contributed by atoms with Gasteiger partial charge in [-0.25, -0.2) is 9.98 Å². The Balaban J connectivity index is 0.000000182. The Morgan fingerprint density at radius 2 is 0.797 bits per heavy atom. The first-order valence-corrected chi connectivity index (χ1v) is 41.8. The van der Waals surface area contributed by atoms with Crippen LogP contribution in [-0.2, 0) is 97.6 Å². The predicted molar refractivity (Wildman–Crippen MR) is 455 cm³/mol. The number of ether oxygens (including phenoxy) is 2. The number of carboxylic acid groups (broad SMARTS) is 2. The van der Waals surface area contributed by atoms with Crippen molar-refractivity contribution < 1.29 is 71.6 Å². The molecular formula is C84H89Cl10F2N9O13. The van der Waals surface area contributed by atoms with Gasteiger partial charge in [0, 0.05) is 151 Å². The van der Waals surface area contributed by atoms with E-state index < -0.39 is 29.8 Å². The van der Waals surface area contributed by atoms with Gasteiger partial charge in [0.1, 0.15) is 11.6 Å². The van der Waals surface area contributed by atoms with E-state index in [0.717, 1.165) is 105 Å². The first-order chi connectivity index (χ1) is 56.1. The SMILES string of the molecule is COC(=O)C1CCCN(C(=O)Cc2cc(Cl)cc(Cl)c2)C1.COC(=O)C1CCCNC1.Nc1nc(F)ccc1CC(=O)C1CCCN(C(=O)Cc2cc(Cl)cc(Cl)c2)C1.O=C(Cc1cc(Cl)cc(Cl)c1)N1CCCC(C2=Nc3nc(F)ccc3C2)C1.O=C(O)C1CCCN(C(=O)Cc2cc(Cl)cc(Cl)c2)C1.O=C(O)Cc1cc(Cl)cc(Cl)c1. The summed E-state index contributed by atoms with van der Waals surface area (Å²) in [5, 5.41) is 25.6. The Morgan fingerprint density at radius 1 is 0.441 bits per heavy atom. The zero-order chi connectivity index (χ0) is 85.9. The van der Waals surface area contributed by atoms with E-state index in [0.29, 0.717) is 126 Å². The summed E-state index contributed by atoms with van der Waals surface area (Å²) in [4.78, 5) is 125. The van der Waals surface area contributed by atoms with Crippen molar-refractivity contribution in [3.05, 3.63) is 216 Å². The van der Waals surface area contributed by atoms with Crippen molar-refractivity contribution in [2.75, 3.05) is 85.4 Å². The molecule has 34 heteroatoms. The number of Topliss-reactive ketones (excluding diaryl/α,β-unsaturated/α-hetero) is 1. The maximum Gasteiger partial charge on any atom is 0.310 e. The van der Waals surface area contributed by atoms with E-state index in [4.69, 9.17) is 137 Å². The monoisotopic (exact) mass is 1820 g/mol. The molecule has 5 atom stereocenters. The summed E-state index contributed by atoms with van der Waals surface area (Å²) in [6.07, 6.45) is 9.89. The maximum atomic E-state index is 13.3. The van der Waals surface area contributed by atoms with Crippen molar-refractivity contribution in [1.29, 1.82) is 0 Å². The van der Waals surface area contributed by atoms with E-state index in [-0.39, 0.29) is 116 Å². The number of halogens is 12. The second-order valence-electron chi connectivity index (χ2n) is 29.0. The maximum absolute atomic E-state index is 13.3. The van der Waals surface area contributed by atoms with Crippen LogP contribution >= 0.6 is 116 Å². The van der Waals surface area contributed by atoms with Crippen molar-refractivity contribution in [2.24, 2.45) is 34.6 Å². The van der Waals surface area contributed by atoms with Crippen molar-refractivity contribution >= 4 is 187 Å². The number of piperidine rings is 5. The molecule has 5 N–H and O–H groups in total. The van der Waals surface area contributed by atoms with Crippen molar-refractivity contribution in [2.45, 2.75) is 109 Å². The van der Waals surface area contributed by atoms with Crippen LogP contribution in [0.1, 0.15) is 103 Å². The second-order valence-corrected chi connectivity index (χ2v) is 33.4. The van der Waals surface area contributed by atoms with Gasteiger partial charge >= 0.3 is 23.9 Å². The highest BCUT2D eigenvalue weighted by Crippen LogP contribution is 2.33. The molecule has 0 radical (unpaired) electrons. The van der Waals surface area contributed by atoms with Crippen molar-refractivity contribution in [3.8, 4) is 0 Å². The van der Waals surface area contributed by atoms with E-state index >= 15 is 0 Å². The molecule has 6 aliphatic heterocycles. The number of anilines is 1. The highest BCUT2D eigenvalue weighted by atomic mass is 35.5. The quantitative estimate of drug-likeness (QED) is 0.0486. The lowest BCUT2D eigenvalue weighted by atomic mass is 9.90. The summed E-state index contributed by atoms with van der Waals surface area (Å²) in [5.74, 6) is -3.59. The standard InChI is InChI=1S/C20H20Cl2FN3O2.C20H18Cl2FN3O.C15H17Cl2NO3.C14H15Cl2NO3.C8H6Cl2O2.C7H13NO2/c21-15-6-12(7-16(22)10-15)8-19(28)26-5-1-2-14(11-26)17(27)9-13-3-4-18(23)25-20(13)24;21-15-6-12(7-16(22)10-15)8-19(27)26-5-1-2-14(11-26)17-9-13-3-4-18(23)25-20(13)24-17;1-21-15(20)11-3-2-4-18(9-11)14(19)7-10-5-12(16)8-13(17)6-10;15-11-4-9(5-12(16)7-11)6-13(18)17-3-1-2-10(8-17)14(19)20;9-6-1-5(3-8(11)12)2-7(10)4-6;1-10-7(9)6-3-2-4-8-5-6/h3-4,6-7,10,14H,1-2,5,8-9,11H2,(H2,24,25);3-4,6-7,10,14H,1-2,5,8-9,11H2;5-6,8,11H,2-4,7,9H2,1H3;4-5,7,10H,1-3,6,8H2,(H,19,20);1-2,4H,3H2,(H,11,12);6,8H,2-5H2,1H3. The first-order valence-electron chi connectivity index (χ1n) is 38.0. The van der Waals surface area contributed by atoms with Gasteiger partial charge in [-0.3, -0.25) is 43.2 Å². The Bertz CT molecular complexity index is 4680. The number of ketones is 1. The molecule has 7 aromatic rings. The van der Waals surface area contributed by atoms with E-state index in [1.807, 2.05) is 4.90 Å². The number of benzene rings is 5. The van der Waals surface area contributed by atoms with Gasteiger partial charge in [-0.1, -0.05) is 128 Å². The summed E-state index contributed by atoms with van der Waals surface area (Å²) < 4.78 is 35.7. The van der Waals surface area contributed by atoms with E-state index in [9.17, 15) is 51.9 Å². The third-order valence-corrected chi connectivity index (χ3v) is 22.2. The molecule has 5 unspecified atom stereocenters. The van der Waals surface area contributed by atoms with Crippen LogP contribution in [0.15, 0.2) is 120 Å². The third kappa shape index (κ3) is 31.6. The predicted octanol–water partition coefficient (Wildman–Crippen LogP) is 16.9. The Kier molecular flexibility index (Phi) is 38.3. The molecule has 2 aromatic heterocycles. The molecule has 22 nitrogen and oxygen atoms in total. The highest BCUT2D eigenvalue weighted by Gasteiger charge is 2.34. The van der Waals surface area contributed by atoms with Crippen molar-refractivity contribution in [1.82, 2.24) is 34.9 Å². The summed E-state index contributed by atoms with van der Waals surface area (Å²) in [6.45, 7) is 6.12. The number of pyridine rings is 2. The molecule has 632 valence electrons. The molecule has 8 heterocycles. The minimum absolute atomic E-state index is 0.0231.